The molecule has 0 bridgehead atoms. The van der Waals surface area contributed by atoms with Crippen LogP contribution in [0.5, 0.6) is 0 Å². The van der Waals surface area contributed by atoms with Gasteiger partial charge in [-0.25, -0.2) is 0 Å². The summed E-state index contributed by atoms with van der Waals surface area (Å²) in [6, 6.07) is 13.9. The number of hydrogen-bond acceptors (Lipinski definition) is 6. The van der Waals surface area contributed by atoms with Gasteiger partial charge in [0.1, 0.15) is 0 Å². The highest BCUT2D eigenvalue weighted by molar-refractivity contribution is 6.18. The van der Waals surface area contributed by atoms with E-state index in [9.17, 15) is 14.9 Å². The zero-order valence-electron chi connectivity index (χ0n) is 12.7. The highest BCUT2D eigenvalue weighted by atomic mass is 16.6. The molecule has 3 rings (SSSR count). The van der Waals surface area contributed by atoms with Crippen molar-refractivity contribution in [1.82, 2.24) is 0 Å². The van der Waals surface area contributed by atoms with Gasteiger partial charge in [0.25, 0.3) is 11.6 Å². The Balaban J connectivity index is 1.77. The predicted octanol–water partition coefficient (Wildman–Crippen LogP) is 3.47. The minimum absolute atomic E-state index is 0.0288. The third-order valence-corrected chi connectivity index (χ3v) is 3.45. The molecule has 0 aromatic heterocycles. The second-order valence-corrected chi connectivity index (χ2v) is 5.12. The van der Waals surface area contributed by atoms with Crippen LogP contribution in [0.2, 0.25) is 0 Å². The maximum absolute atomic E-state index is 12.4. The quantitative estimate of drug-likeness (QED) is 0.489. The lowest BCUT2D eigenvalue weighted by molar-refractivity contribution is -0.384. The van der Waals surface area contributed by atoms with Gasteiger partial charge in [0, 0.05) is 12.1 Å². The highest BCUT2D eigenvalue weighted by Gasteiger charge is 2.34. The number of non-ortho nitro benzene ring substituents is 1. The van der Waals surface area contributed by atoms with Crippen LogP contribution in [-0.4, -0.2) is 22.6 Å². The van der Waals surface area contributed by atoms with Gasteiger partial charge in [-0.2, -0.15) is 20.3 Å². The molecule has 24 heavy (non-hydrogen) atoms. The SMILES string of the molecule is CC1=NN(c2ccccc2)C(=O)C1N=Nc1ccc([N+](=O)[O-])cc1. The van der Waals surface area contributed by atoms with Gasteiger partial charge in [-0.05, 0) is 31.2 Å². The first-order valence-electron chi connectivity index (χ1n) is 7.15. The van der Waals surface area contributed by atoms with Crippen LogP contribution in [0.15, 0.2) is 69.9 Å². The summed E-state index contributed by atoms with van der Waals surface area (Å²) in [5.74, 6) is -0.288. The summed E-state index contributed by atoms with van der Waals surface area (Å²) >= 11 is 0. The number of rotatable bonds is 4. The van der Waals surface area contributed by atoms with Crippen LogP contribution in [0.1, 0.15) is 6.92 Å². The second kappa shape index (κ2) is 6.37. The lowest BCUT2D eigenvalue weighted by atomic mass is 10.2. The molecule has 0 saturated carbocycles. The molecule has 0 N–H and O–H groups in total. The molecule has 8 heteroatoms. The number of hydrazone groups is 1. The number of hydrogen-bond donors (Lipinski definition) is 0. The largest absolute Gasteiger partial charge is 0.280 e. The zero-order valence-corrected chi connectivity index (χ0v) is 12.7. The Hall–Kier alpha value is -3.42. The lowest BCUT2D eigenvalue weighted by Crippen LogP contribution is -2.29. The summed E-state index contributed by atoms with van der Waals surface area (Å²) in [5.41, 5.74) is 1.60. The predicted molar refractivity (Wildman–Crippen MR) is 88.4 cm³/mol. The van der Waals surface area contributed by atoms with Crippen LogP contribution < -0.4 is 5.01 Å². The van der Waals surface area contributed by atoms with Crippen molar-refractivity contribution in [2.75, 3.05) is 5.01 Å². The van der Waals surface area contributed by atoms with Crippen molar-refractivity contribution in [3.05, 3.63) is 64.7 Å². The summed E-state index contributed by atoms with van der Waals surface area (Å²) in [6.07, 6.45) is 0. The minimum Gasteiger partial charge on any atom is -0.269 e. The molecule has 8 nitrogen and oxygen atoms in total. The molecule has 120 valence electrons. The van der Waals surface area contributed by atoms with Crippen LogP contribution in [0.25, 0.3) is 0 Å². The number of para-hydroxylation sites is 1. The Morgan fingerprint density at radius 2 is 1.79 bits per heavy atom. The Morgan fingerprint density at radius 1 is 1.12 bits per heavy atom. The van der Waals surface area contributed by atoms with Crippen LogP contribution in [-0.2, 0) is 4.79 Å². The monoisotopic (exact) mass is 323 g/mol. The van der Waals surface area contributed by atoms with Crippen molar-refractivity contribution >= 4 is 28.7 Å². The van der Waals surface area contributed by atoms with Gasteiger partial charge in [-0.3, -0.25) is 14.9 Å². The molecule has 0 saturated heterocycles. The van der Waals surface area contributed by atoms with E-state index in [-0.39, 0.29) is 11.6 Å². The number of nitro groups is 1. The van der Waals surface area contributed by atoms with Crippen molar-refractivity contribution in [1.29, 1.82) is 0 Å². The number of anilines is 1. The number of carbonyl (C=O) groups is 1. The fourth-order valence-corrected chi connectivity index (χ4v) is 2.21. The van der Waals surface area contributed by atoms with Crippen molar-refractivity contribution in [3.63, 3.8) is 0 Å². The molecule has 0 fully saturated rings. The Kier molecular flexibility index (Phi) is 4.11. The highest BCUT2D eigenvalue weighted by Crippen LogP contribution is 2.23. The Labute approximate surface area is 137 Å². The zero-order chi connectivity index (χ0) is 17.1. The first kappa shape index (κ1) is 15.5. The molecule has 1 atom stereocenters. The summed E-state index contributed by atoms with van der Waals surface area (Å²) in [4.78, 5) is 22.6. The Bertz CT molecular complexity index is 831. The number of azo groups is 1. The van der Waals surface area contributed by atoms with E-state index in [4.69, 9.17) is 0 Å². The number of amides is 1. The molecule has 0 aliphatic carbocycles. The van der Waals surface area contributed by atoms with Crippen molar-refractivity contribution in [3.8, 4) is 0 Å². The second-order valence-electron chi connectivity index (χ2n) is 5.12. The lowest BCUT2D eigenvalue weighted by Gasteiger charge is -2.11. The van der Waals surface area contributed by atoms with Crippen LogP contribution >= 0.6 is 0 Å². The van der Waals surface area contributed by atoms with Crippen LogP contribution in [0.4, 0.5) is 17.1 Å². The first-order chi connectivity index (χ1) is 11.6. The van der Waals surface area contributed by atoms with Gasteiger partial charge in [-0.15, -0.1) is 0 Å². The Morgan fingerprint density at radius 3 is 2.42 bits per heavy atom. The van der Waals surface area contributed by atoms with Crippen LogP contribution in [0.3, 0.4) is 0 Å². The number of benzene rings is 2. The van der Waals surface area contributed by atoms with Crippen molar-refractivity contribution in [2.24, 2.45) is 15.3 Å². The number of nitro benzene ring substituents is 1. The maximum Gasteiger partial charge on any atom is 0.280 e. The average Bonchev–Trinajstić information content (AvgIpc) is 2.88. The van der Waals surface area contributed by atoms with Gasteiger partial charge in [0.2, 0.25) is 0 Å². The molecule has 1 amide bonds. The molecule has 1 aliphatic heterocycles. The molecular formula is C16H13N5O3. The van der Waals surface area contributed by atoms with Gasteiger partial charge in [0.05, 0.1) is 22.0 Å². The molecule has 0 spiro atoms. The van der Waals surface area contributed by atoms with E-state index in [0.717, 1.165) is 0 Å². The topological polar surface area (TPSA) is 101 Å². The summed E-state index contributed by atoms with van der Waals surface area (Å²) < 4.78 is 0. The summed E-state index contributed by atoms with van der Waals surface area (Å²) in [7, 11) is 0. The van der Waals surface area contributed by atoms with E-state index in [1.807, 2.05) is 18.2 Å². The van der Waals surface area contributed by atoms with Crippen molar-refractivity contribution in [2.45, 2.75) is 13.0 Å². The third kappa shape index (κ3) is 3.02. The summed E-state index contributed by atoms with van der Waals surface area (Å²) in [6.45, 7) is 1.71. The van der Waals surface area contributed by atoms with E-state index in [0.29, 0.717) is 17.1 Å². The molecule has 2 aromatic carbocycles. The maximum atomic E-state index is 12.4. The van der Waals surface area contributed by atoms with E-state index in [1.54, 1.807) is 19.1 Å². The molecule has 2 aromatic rings. The van der Waals surface area contributed by atoms with Crippen LogP contribution in [0, 0.1) is 10.1 Å². The minimum atomic E-state index is -0.791. The standard InChI is InChI=1S/C16H13N5O3/c1-11-15(16(22)20(19-11)13-5-3-2-4-6-13)18-17-12-7-9-14(10-8-12)21(23)24/h2-10,15H,1H3. The molecular weight excluding hydrogens is 310 g/mol. The molecule has 1 unspecified atom stereocenters. The van der Waals surface area contributed by atoms with Gasteiger partial charge >= 0.3 is 0 Å². The normalized spacial score (nSPS) is 17.4. The van der Waals surface area contributed by atoms with Gasteiger partial charge in [-0.1, -0.05) is 18.2 Å². The number of nitrogens with zero attached hydrogens (tertiary/aromatic N) is 5. The number of carbonyl (C=O) groups excluding carboxylic acids is 1. The molecule has 0 radical (unpaired) electrons. The van der Waals surface area contributed by atoms with Gasteiger partial charge in [0.15, 0.2) is 6.04 Å². The van der Waals surface area contributed by atoms with Crippen molar-refractivity contribution < 1.29 is 9.72 Å². The third-order valence-electron chi connectivity index (χ3n) is 3.45. The fraction of sp³-hybridized carbons (Fsp3) is 0.125. The summed E-state index contributed by atoms with van der Waals surface area (Å²) in [5, 5.41) is 24.2. The van der Waals surface area contributed by atoms with E-state index < -0.39 is 11.0 Å². The van der Waals surface area contributed by atoms with Gasteiger partial charge < -0.3 is 0 Å². The van der Waals surface area contributed by atoms with E-state index in [2.05, 4.69) is 15.3 Å². The fourth-order valence-electron chi connectivity index (χ4n) is 2.21. The van der Waals surface area contributed by atoms with E-state index in [1.165, 1.54) is 29.3 Å². The smallest absolute Gasteiger partial charge is 0.269 e. The van der Waals surface area contributed by atoms with E-state index >= 15 is 0 Å². The average molecular weight is 323 g/mol. The first-order valence-corrected chi connectivity index (χ1v) is 7.15. The molecule has 1 aliphatic rings. The molecule has 1 heterocycles.